The number of aromatic nitrogens is 1. The molecule has 2 rings (SSSR count). The lowest BCUT2D eigenvalue weighted by atomic mass is 10.1. The maximum Gasteiger partial charge on any atom is 0.223 e. The topological polar surface area (TPSA) is 42.0 Å². The molecule has 1 aliphatic rings. The SMILES string of the molecule is CCc1cnccc1CNC(=O)[C@H]1CC1(C)C. The molecule has 3 nitrogen and oxygen atoms in total. The smallest absolute Gasteiger partial charge is 0.223 e. The summed E-state index contributed by atoms with van der Waals surface area (Å²) >= 11 is 0. The number of hydrogen-bond donors (Lipinski definition) is 1. The van der Waals surface area contributed by atoms with Gasteiger partial charge >= 0.3 is 0 Å². The number of nitrogens with one attached hydrogen (secondary N) is 1. The standard InChI is InChI=1S/C14H20N2O/c1-4-10-8-15-6-5-11(10)9-16-13(17)12-7-14(12,2)3/h5-6,8,12H,4,7,9H2,1-3H3,(H,16,17)/t12-/m1/s1. The van der Waals surface area contributed by atoms with Gasteiger partial charge in [-0.15, -0.1) is 0 Å². The van der Waals surface area contributed by atoms with Crippen molar-refractivity contribution in [1.82, 2.24) is 10.3 Å². The van der Waals surface area contributed by atoms with Gasteiger partial charge in [-0.2, -0.15) is 0 Å². The van der Waals surface area contributed by atoms with E-state index < -0.39 is 0 Å². The third-order valence-electron chi connectivity index (χ3n) is 3.67. The van der Waals surface area contributed by atoms with Crippen LogP contribution in [0.1, 0.15) is 38.3 Å². The zero-order valence-corrected chi connectivity index (χ0v) is 10.8. The molecule has 1 aromatic rings. The van der Waals surface area contributed by atoms with E-state index in [1.165, 1.54) is 11.1 Å². The molecule has 92 valence electrons. The molecule has 1 aliphatic carbocycles. The molecule has 1 heterocycles. The molecule has 1 N–H and O–H groups in total. The summed E-state index contributed by atoms with van der Waals surface area (Å²) in [5.74, 6) is 0.392. The average molecular weight is 232 g/mol. The van der Waals surface area contributed by atoms with Gasteiger partial charge < -0.3 is 5.32 Å². The van der Waals surface area contributed by atoms with Crippen molar-refractivity contribution >= 4 is 5.91 Å². The van der Waals surface area contributed by atoms with Crippen LogP contribution in [-0.4, -0.2) is 10.9 Å². The van der Waals surface area contributed by atoms with Gasteiger partial charge in [0, 0.05) is 24.9 Å². The van der Waals surface area contributed by atoms with E-state index >= 15 is 0 Å². The average Bonchev–Trinajstić information content (AvgIpc) is 2.96. The van der Waals surface area contributed by atoms with Crippen LogP contribution in [-0.2, 0) is 17.8 Å². The first-order chi connectivity index (χ1) is 8.04. The lowest BCUT2D eigenvalue weighted by Crippen LogP contribution is -2.26. The monoisotopic (exact) mass is 232 g/mol. The Balaban J connectivity index is 1.92. The Morgan fingerprint density at radius 1 is 1.53 bits per heavy atom. The Labute approximate surface area is 103 Å². The minimum Gasteiger partial charge on any atom is -0.352 e. The third kappa shape index (κ3) is 2.65. The molecular weight excluding hydrogens is 212 g/mol. The van der Waals surface area contributed by atoms with Gasteiger partial charge in [-0.05, 0) is 35.4 Å². The van der Waals surface area contributed by atoms with E-state index in [-0.39, 0.29) is 17.2 Å². The van der Waals surface area contributed by atoms with E-state index in [9.17, 15) is 4.79 Å². The van der Waals surface area contributed by atoms with Gasteiger partial charge in [0.05, 0.1) is 0 Å². The fourth-order valence-corrected chi connectivity index (χ4v) is 2.17. The second-order valence-electron chi connectivity index (χ2n) is 5.46. The molecule has 1 aromatic heterocycles. The first-order valence-electron chi connectivity index (χ1n) is 6.24. The second-order valence-corrected chi connectivity index (χ2v) is 5.46. The molecular formula is C14H20N2O. The summed E-state index contributed by atoms with van der Waals surface area (Å²) < 4.78 is 0. The van der Waals surface area contributed by atoms with Crippen molar-refractivity contribution in [2.24, 2.45) is 11.3 Å². The lowest BCUT2D eigenvalue weighted by molar-refractivity contribution is -0.123. The zero-order chi connectivity index (χ0) is 12.5. The molecule has 1 amide bonds. The largest absolute Gasteiger partial charge is 0.352 e. The van der Waals surface area contributed by atoms with Crippen LogP contribution in [0, 0.1) is 11.3 Å². The van der Waals surface area contributed by atoms with Crippen LogP contribution < -0.4 is 5.32 Å². The summed E-state index contributed by atoms with van der Waals surface area (Å²) in [5, 5.41) is 3.02. The maximum atomic E-state index is 11.9. The van der Waals surface area contributed by atoms with Crippen molar-refractivity contribution in [3.8, 4) is 0 Å². The quantitative estimate of drug-likeness (QED) is 0.865. The molecule has 0 spiro atoms. The predicted octanol–water partition coefficient (Wildman–Crippen LogP) is 2.31. The van der Waals surface area contributed by atoms with Crippen molar-refractivity contribution in [3.05, 3.63) is 29.6 Å². The number of nitrogens with zero attached hydrogens (tertiary/aromatic N) is 1. The molecule has 0 aliphatic heterocycles. The highest BCUT2D eigenvalue weighted by atomic mass is 16.2. The van der Waals surface area contributed by atoms with E-state index in [0.717, 1.165) is 12.8 Å². The van der Waals surface area contributed by atoms with Gasteiger partial charge in [-0.1, -0.05) is 20.8 Å². The molecule has 3 heteroatoms. The molecule has 0 radical (unpaired) electrons. The molecule has 0 saturated heterocycles. The molecule has 1 fully saturated rings. The second kappa shape index (κ2) is 4.47. The lowest BCUT2D eigenvalue weighted by Gasteiger charge is -2.09. The van der Waals surface area contributed by atoms with Gasteiger partial charge in [-0.25, -0.2) is 0 Å². The first kappa shape index (κ1) is 12.1. The van der Waals surface area contributed by atoms with E-state index in [0.29, 0.717) is 6.54 Å². The van der Waals surface area contributed by atoms with E-state index in [1.807, 2.05) is 12.3 Å². The number of rotatable bonds is 4. The summed E-state index contributed by atoms with van der Waals surface area (Å²) in [4.78, 5) is 16.0. The van der Waals surface area contributed by atoms with Crippen LogP contribution in [0.15, 0.2) is 18.5 Å². The molecule has 0 unspecified atom stereocenters. The Bertz CT molecular complexity index is 426. The van der Waals surface area contributed by atoms with Crippen LogP contribution in [0.25, 0.3) is 0 Å². The van der Waals surface area contributed by atoms with Gasteiger partial charge in [0.2, 0.25) is 5.91 Å². The minimum absolute atomic E-state index is 0.189. The molecule has 0 aromatic carbocycles. The molecule has 0 bridgehead atoms. The highest BCUT2D eigenvalue weighted by molar-refractivity contribution is 5.82. The highest BCUT2D eigenvalue weighted by Crippen LogP contribution is 2.51. The van der Waals surface area contributed by atoms with Crippen molar-refractivity contribution in [1.29, 1.82) is 0 Å². The molecule has 1 saturated carbocycles. The summed E-state index contributed by atoms with van der Waals surface area (Å²) in [7, 11) is 0. The minimum atomic E-state index is 0.189. The first-order valence-corrected chi connectivity index (χ1v) is 6.24. The van der Waals surface area contributed by atoms with Crippen LogP contribution in [0.2, 0.25) is 0 Å². The summed E-state index contributed by atoms with van der Waals surface area (Å²) in [6.45, 7) is 7.01. The van der Waals surface area contributed by atoms with E-state index in [4.69, 9.17) is 0 Å². The van der Waals surface area contributed by atoms with Crippen molar-refractivity contribution in [2.75, 3.05) is 0 Å². The predicted molar refractivity (Wildman–Crippen MR) is 67.3 cm³/mol. The Morgan fingerprint density at radius 2 is 2.24 bits per heavy atom. The van der Waals surface area contributed by atoms with Crippen LogP contribution in [0.4, 0.5) is 0 Å². The normalized spacial score (nSPS) is 21.0. The van der Waals surface area contributed by atoms with Gasteiger partial charge in [-0.3, -0.25) is 9.78 Å². The van der Waals surface area contributed by atoms with Gasteiger partial charge in [0.1, 0.15) is 0 Å². The van der Waals surface area contributed by atoms with Crippen molar-refractivity contribution in [2.45, 2.75) is 40.2 Å². The van der Waals surface area contributed by atoms with E-state index in [1.54, 1.807) is 6.20 Å². The number of hydrogen-bond acceptors (Lipinski definition) is 2. The number of carbonyl (C=O) groups excluding carboxylic acids is 1. The number of pyridine rings is 1. The van der Waals surface area contributed by atoms with Crippen molar-refractivity contribution < 1.29 is 4.79 Å². The Hall–Kier alpha value is -1.38. The van der Waals surface area contributed by atoms with Crippen LogP contribution in [0.5, 0.6) is 0 Å². The van der Waals surface area contributed by atoms with Gasteiger partial charge in [0.15, 0.2) is 0 Å². The van der Waals surface area contributed by atoms with E-state index in [2.05, 4.69) is 31.1 Å². The fraction of sp³-hybridized carbons (Fsp3) is 0.571. The number of carbonyl (C=O) groups is 1. The maximum absolute atomic E-state index is 11.9. The summed E-state index contributed by atoms with van der Waals surface area (Å²) in [5.41, 5.74) is 2.59. The summed E-state index contributed by atoms with van der Waals surface area (Å²) in [6, 6.07) is 1.98. The number of aryl methyl sites for hydroxylation is 1. The molecule has 17 heavy (non-hydrogen) atoms. The van der Waals surface area contributed by atoms with Crippen LogP contribution >= 0.6 is 0 Å². The Morgan fingerprint density at radius 3 is 2.82 bits per heavy atom. The number of amides is 1. The fourth-order valence-electron chi connectivity index (χ4n) is 2.17. The van der Waals surface area contributed by atoms with Crippen LogP contribution in [0.3, 0.4) is 0 Å². The zero-order valence-electron chi connectivity index (χ0n) is 10.8. The third-order valence-corrected chi connectivity index (χ3v) is 3.67. The summed E-state index contributed by atoms with van der Waals surface area (Å²) in [6.07, 6.45) is 5.62. The molecule has 1 atom stereocenters. The van der Waals surface area contributed by atoms with Crippen molar-refractivity contribution in [3.63, 3.8) is 0 Å². The highest BCUT2D eigenvalue weighted by Gasteiger charge is 2.50. The van der Waals surface area contributed by atoms with Gasteiger partial charge in [0.25, 0.3) is 0 Å². The Kier molecular flexibility index (Phi) is 3.18.